The van der Waals surface area contributed by atoms with Crippen molar-refractivity contribution in [1.82, 2.24) is 10.8 Å². The third kappa shape index (κ3) is 3.99. The van der Waals surface area contributed by atoms with E-state index < -0.39 is 10.4 Å². The molecule has 3 N–H and O–H groups in total. The van der Waals surface area contributed by atoms with Gasteiger partial charge >= 0.3 is 10.4 Å². The van der Waals surface area contributed by atoms with Gasteiger partial charge in [0.15, 0.2) is 0 Å². The van der Waals surface area contributed by atoms with Gasteiger partial charge in [-0.2, -0.15) is 23.4 Å². The van der Waals surface area contributed by atoms with Crippen LogP contribution in [0.25, 0.3) is 0 Å². The minimum Gasteiger partial charge on any atom is -0.300 e. The Morgan fingerprint density at radius 3 is 2.71 bits per heavy atom. The van der Waals surface area contributed by atoms with Crippen molar-refractivity contribution in [3.8, 4) is 6.07 Å². The molecule has 14 heavy (non-hydrogen) atoms. The van der Waals surface area contributed by atoms with Gasteiger partial charge in [-0.1, -0.05) is 0 Å². The standard InChI is InChI=1S/C6H11N3O4S/c7-3-5-1-2-6(4-8-5)9-13-14(10,11)12/h5-6,8-9H,1-2,4H2,(H,10,11,12)/t5-,6?/m0/s1. The van der Waals surface area contributed by atoms with Gasteiger partial charge in [0, 0.05) is 12.6 Å². The lowest BCUT2D eigenvalue weighted by Crippen LogP contribution is -2.47. The van der Waals surface area contributed by atoms with Crippen molar-refractivity contribution in [2.45, 2.75) is 24.9 Å². The van der Waals surface area contributed by atoms with Crippen LogP contribution in [0.5, 0.6) is 0 Å². The maximum absolute atomic E-state index is 10.2. The van der Waals surface area contributed by atoms with Crippen LogP contribution in [0.2, 0.25) is 0 Å². The number of hydrogen-bond donors (Lipinski definition) is 3. The highest BCUT2D eigenvalue weighted by atomic mass is 32.3. The van der Waals surface area contributed by atoms with Crippen molar-refractivity contribution in [1.29, 1.82) is 5.26 Å². The van der Waals surface area contributed by atoms with E-state index in [4.69, 9.17) is 9.81 Å². The van der Waals surface area contributed by atoms with Crippen molar-refractivity contribution in [3.63, 3.8) is 0 Å². The van der Waals surface area contributed by atoms with Crippen LogP contribution in [0, 0.1) is 11.3 Å². The van der Waals surface area contributed by atoms with E-state index in [1.807, 2.05) is 6.07 Å². The molecule has 0 aromatic carbocycles. The van der Waals surface area contributed by atoms with Gasteiger partial charge in [-0.25, -0.2) is 0 Å². The predicted octanol–water partition coefficient (Wildman–Crippen LogP) is -1.05. The van der Waals surface area contributed by atoms with Crippen LogP contribution in [-0.4, -0.2) is 31.6 Å². The van der Waals surface area contributed by atoms with Gasteiger partial charge in [0.2, 0.25) is 0 Å². The first kappa shape index (κ1) is 11.4. The first-order valence-corrected chi connectivity index (χ1v) is 5.42. The van der Waals surface area contributed by atoms with Crippen molar-refractivity contribution in [2.75, 3.05) is 6.54 Å². The van der Waals surface area contributed by atoms with Gasteiger partial charge in [-0.15, -0.1) is 0 Å². The lowest BCUT2D eigenvalue weighted by molar-refractivity contribution is 0.124. The molecule has 8 heteroatoms. The molecule has 1 rings (SSSR count). The number of hydroxylamine groups is 1. The van der Waals surface area contributed by atoms with E-state index in [1.165, 1.54) is 0 Å². The Bertz CT molecular complexity index is 314. The smallest absolute Gasteiger partial charge is 0.300 e. The molecule has 0 bridgehead atoms. The zero-order valence-corrected chi connectivity index (χ0v) is 8.12. The Labute approximate surface area is 82.0 Å². The van der Waals surface area contributed by atoms with E-state index in [9.17, 15) is 8.42 Å². The number of rotatable bonds is 3. The molecule has 1 heterocycles. The third-order valence-corrected chi connectivity index (χ3v) is 2.20. The number of nitriles is 1. The summed E-state index contributed by atoms with van der Waals surface area (Å²) in [7, 11) is -4.45. The van der Waals surface area contributed by atoms with Gasteiger partial charge in [0.05, 0.1) is 12.1 Å². The van der Waals surface area contributed by atoms with E-state index in [-0.39, 0.29) is 12.1 Å². The average Bonchev–Trinajstić information content (AvgIpc) is 2.14. The zero-order chi connectivity index (χ0) is 10.6. The van der Waals surface area contributed by atoms with Crippen molar-refractivity contribution in [3.05, 3.63) is 0 Å². The first-order valence-electron chi connectivity index (χ1n) is 4.05. The van der Waals surface area contributed by atoms with E-state index in [0.29, 0.717) is 19.4 Å². The number of nitrogens with one attached hydrogen (secondary N) is 2. The minimum atomic E-state index is -4.45. The fourth-order valence-corrected chi connectivity index (χ4v) is 1.45. The molecule has 2 atom stereocenters. The molecular formula is C6H11N3O4S. The second-order valence-electron chi connectivity index (χ2n) is 2.99. The van der Waals surface area contributed by atoms with E-state index in [1.54, 1.807) is 0 Å². The summed E-state index contributed by atoms with van der Waals surface area (Å²) in [6, 6.07) is 1.63. The fraction of sp³-hybridized carbons (Fsp3) is 0.833. The molecule has 1 saturated heterocycles. The summed E-state index contributed by atoms with van der Waals surface area (Å²) in [6.07, 6.45) is 1.23. The highest BCUT2D eigenvalue weighted by Gasteiger charge is 2.21. The van der Waals surface area contributed by atoms with Crippen molar-refractivity contribution < 1.29 is 17.3 Å². The summed E-state index contributed by atoms with van der Waals surface area (Å²) < 4.78 is 32.6. The highest BCUT2D eigenvalue weighted by Crippen LogP contribution is 2.07. The van der Waals surface area contributed by atoms with Crippen LogP contribution < -0.4 is 10.8 Å². The van der Waals surface area contributed by atoms with E-state index in [0.717, 1.165) is 0 Å². The Kier molecular flexibility index (Phi) is 3.79. The maximum Gasteiger partial charge on any atom is 0.413 e. The minimum absolute atomic E-state index is 0.196. The molecule has 1 unspecified atom stereocenters. The SMILES string of the molecule is N#C[C@@H]1CCC(NOS(=O)(=O)O)CN1. The van der Waals surface area contributed by atoms with Crippen LogP contribution >= 0.6 is 0 Å². The van der Waals surface area contributed by atoms with Gasteiger partial charge in [-0.05, 0) is 12.8 Å². The van der Waals surface area contributed by atoms with Gasteiger partial charge in [0.25, 0.3) is 0 Å². The number of hydrogen-bond acceptors (Lipinski definition) is 6. The van der Waals surface area contributed by atoms with Crippen LogP contribution in [0.3, 0.4) is 0 Å². The van der Waals surface area contributed by atoms with Gasteiger partial charge in [0.1, 0.15) is 0 Å². The second kappa shape index (κ2) is 4.68. The predicted molar refractivity (Wildman–Crippen MR) is 46.2 cm³/mol. The molecule has 0 spiro atoms. The number of piperidine rings is 1. The molecule has 80 valence electrons. The highest BCUT2D eigenvalue weighted by molar-refractivity contribution is 7.80. The monoisotopic (exact) mass is 221 g/mol. The molecule has 0 aromatic heterocycles. The average molecular weight is 221 g/mol. The van der Waals surface area contributed by atoms with E-state index >= 15 is 0 Å². The molecule has 1 aliphatic heterocycles. The normalized spacial score (nSPS) is 28.3. The van der Waals surface area contributed by atoms with Crippen LogP contribution in [0.4, 0.5) is 0 Å². The Hall–Kier alpha value is -0.720. The van der Waals surface area contributed by atoms with E-state index in [2.05, 4.69) is 15.1 Å². The summed E-state index contributed by atoms with van der Waals surface area (Å²) in [5, 5.41) is 11.4. The first-order chi connectivity index (χ1) is 6.51. The Morgan fingerprint density at radius 2 is 2.29 bits per heavy atom. The summed E-state index contributed by atoms with van der Waals surface area (Å²) in [5.74, 6) is 0. The maximum atomic E-state index is 10.2. The van der Waals surface area contributed by atoms with Crippen LogP contribution in [0.15, 0.2) is 0 Å². The topological polar surface area (TPSA) is 111 Å². The molecular weight excluding hydrogens is 210 g/mol. The Balaban J connectivity index is 2.27. The zero-order valence-electron chi connectivity index (χ0n) is 7.30. The summed E-state index contributed by atoms with van der Waals surface area (Å²) in [4.78, 5) is 0. The summed E-state index contributed by atoms with van der Waals surface area (Å²) in [6.45, 7) is 0.424. The fourth-order valence-electron chi connectivity index (χ4n) is 1.20. The summed E-state index contributed by atoms with van der Waals surface area (Å²) in [5.41, 5.74) is 2.20. The summed E-state index contributed by atoms with van der Waals surface area (Å²) >= 11 is 0. The van der Waals surface area contributed by atoms with Crippen molar-refractivity contribution in [2.24, 2.45) is 0 Å². The second-order valence-corrected chi connectivity index (χ2v) is 4.02. The van der Waals surface area contributed by atoms with Gasteiger partial charge < -0.3 is 5.32 Å². The molecule has 1 fully saturated rings. The number of nitrogens with zero attached hydrogens (tertiary/aromatic N) is 1. The van der Waals surface area contributed by atoms with Gasteiger partial charge in [-0.3, -0.25) is 4.55 Å². The third-order valence-electron chi connectivity index (χ3n) is 1.89. The molecule has 7 nitrogen and oxygen atoms in total. The molecule has 0 aliphatic carbocycles. The quantitative estimate of drug-likeness (QED) is 0.412. The van der Waals surface area contributed by atoms with Crippen LogP contribution in [-0.2, 0) is 14.7 Å². The Morgan fingerprint density at radius 1 is 1.57 bits per heavy atom. The molecule has 1 aliphatic rings. The van der Waals surface area contributed by atoms with Crippen molar-refractivity contribution >= 4 is 10.4 Å². The molecule has 0 radical (unpaired) electrons. The molecule has 0 aromatic rings. The largest absolute Gasteiger partial charge is 0.413 e. The lowest BCUT2D eigenvalue weighted by atomic mass is 10.0. The van der Waals surface area contributed by atoms with Crippen LogP contribution in [0.1, 0.15) is 12.8 Å². The molecule has 0 amide bonds. The lowest BCUT2D eigenvalue weighted by Gasteiger charge is -2.25. The molecule has 0 saturated carbocycles.